The first-order valence-electron chi connectivity index (χ1n) is 5.37. The molecule has 1 unspecified atom stereocenters. The number of sulfone groups is 1. The summed E-state index contributed by atoms with van der Waals surface area (Å²) in [5.41, 5.74) is -0.177. The fraction of sp³-hybridized carbons (Fsp3) is 1.00. The number of nitrogens with one attached hydrogen (secondary N) is 2. The minimum absolute atomic E-state index is 0.0931. The smallest absolute Gasteiger partial charge is 0.149 e. The zero-order valence-corrected chi connectivity index (χ0v) is 11.4. The maximum absolute atomic E-state index is 11.1. The molecule has 1 atom stereocenters. The summed E-state index contributed by atoms with van der Waals surface area (Å²) < 4.78 is 22.2. The van der Waals surface area contributed by atoms with E-state index < -0.39 is 9.84 Å². The Morgan fingerprint density at radius 3 is 2.31 bits per heavy atom. The summed E-state index contributed by atoms with van der Waals surface area (Å²) in [6.45, 7) is 5.24. The van der Waals surface area contributed by atoms with Crippen LogP contribution in [0.3, 0.4) is 0 Å². The lowest BCUT2D eigenvalue weighted by Crippen LogP contribution is -2.44. The normalized spacial score (nSPS) is 15.1. The van der Waals surface area contributed by atoms with Gasteiger partial charge in [-0.05, 0) is 7.05 Å². The van der Waals surface area contributed by atoms with Crippen molar-refractivity contribution in [1.29, 1.82) is 0 Å². The maximum atomic E-state index is 11.1. The van der Waals surface area contributed by atoms with Crippen molar-refractivity contribution in [2.24, 2.45) is 5.41 Å². The molecule has 3 N–H and O–H groups in total. The predicted octanol–water partition coefficient (Wildman–Crippen LogP) is -0.773. The third-order valence-electron chi connectivity index (χ3n) is 2.33. The summed E-state index contributed by atoms with van der Waals surface area (Å²) >= 11 is 0. The molecule has 0 aromatic heterocycles. The van der Waals surface area contributed by atoms with Crippen LogP contribution < -0.4 is 10.6 Å². The van der Waals surface area contributed by atoms with Gasteiger partial charge in [-0.3, -0.25) is 0 Å². The quantitative estimate of drug-likeness (QED) is 0.528. The van der Waals surface area contributed by atoms with Crippen molar-refractivity contribution < 1.29 is 13.5 Å². The number of hydrogen-bond acceptors (Lipinski definition) is 5. The molecular weight excluding hydrogens is 228 g/mol. The average molecular weight is 252 g/mol. The van der Waals surface area contributed by atoms with Crippen molar-refractivity contribution in [2.75, 3.05) is 38.8 Å². The molecule has 16 heavy (non-hydrogen) atoms. The second-order valence-electron chi connectivity index (χ2n) is 5.03. The number of hydrogen-bond donors (Lipinski definition) is 3. The Kier molecular flexibility index (Phi) is 6.47. The second kappa shape index (κ2) is 6.54. The monoisotopic (exact) mass is 252 g/mol. The third kappa shape index (κ3) is 8.04. The van der Waals surface area contributed by atoms with Gasteiger partial charge in [0.15, 0.2) is 0 Å². The molecule has 98 valence electrons. The Bertz CT molecular complexity index is 288. The van der Waals surface area contributed by atoms with Gasteiger partial charge in [-0.15, -0.1) is 0 Å². The van der Waals surface area contributed by atoms with E-state index in [1.54, 1.807) is 7.05 Å². The Morgan fingerprint density at radius 1 is 1.38 bits per heavy atom. The highest BCUT2D eigenvalue weighted by Gasteiger charge is 2.18. The molecule has 0 bridgehead atoms. The van der Waals surface area contributed by atoms with Gasteiger partial charge < -0.3 is 15.7 Å². The first kappa shape index (κ1) is 15.8. The number of aliphatic hydroxyl groups excluding tert-OH is 1. The number of likely N-dealkylation sites (N-methyl/N-ethyl adjacent to an activating group) is 1. The molecule has 6 heteroatoms. The van der Waals surface area contributed by atoms with Crippen molar-refractivity contribution >= 4 is 9.84 Å². The van der Waals surface area contributed by atoms with Gasteiger partial charge in [-0.25, -0.2) is 8.42 Å². The summed E-state index contributed by atoms with van der Waals surface area (Å²) in [5, 5.41) is 15.2. The highest BCUT2D eigenvalue weighted by molar-refractivity contribution is 7.90. The molecule has 0 spiro atoms. The van der Waals surface area contributed by atoms with Crippen LogP contribution in [-0.2, 0) is 9.84 Å². The molecule has 0 amide bonds. The molecule has 0 saturated heterocycles. The molecule has 0 fully saturated rings. The Labute approximate surface area is 98.5 Å². The second-order valence-corrected chi connectivity index (χ2v) is 7.22. The minimum Gasteiger partial charge on any atom is -0.396 e. The van der Waals surface area contributed by atoms with E-state index in [9.17, 15) is 8.42 Å². The highest BCUT2D eigenvalue weighted by Crippen LogP contribution is 2.10. The Balaban J connectivity index is 3.98. The van der Waals surface area contributed by atoms with E-state index in [4.69, 9.17) is 5.11 Å². The standard InChI is InChI=1S/C10H24N2O3S/c1-10(2,8-13)7-12-5-9(11-3)6-16(4,14)15/h9,11-13H,5-8H2,1-4H3. The number of aliphatic hydroxyl groups is 1. The van der Waals surface area contributed by atoms with Gasteiger partial charge in [0.1, 0.15) is 9.84 Å². The van der Waals surface area contributed by atoms with Crippen LogP contribution in [0.15, 0.2) is 0 Å². The molecule has 0 radical (unpaired) electrons. The molecule has 0 aromatic rings. The van der Waals surface area contributed by atoms with E-state index in [-0.39, 0.29) is 23.8 Å². The summed E-state index contributed by atoms with van der Waals surface area (Å²) in [6.07, 6.45) is 1.23. The summed E-state index contributed by atoms with van der Waals surface area (Å²) in [7, 11) is -1.21. The third-order valence-corrected chi connectivity index (χ3v) is 3.34. The van der Waals surface area contributed by atoms with Gasteiger partial charge in [0.25, 0.3) is 0 Å². The highest BCUT2D eigenvalue weighted by atomic mass is 32.2. The lowest BCUT2D eigenvalue weighted by Gasteiger charge is -2.24. The fourth-order valence-electron chi connectivity index (χ4n) is 1.25. The SMILES string of the molecule is CNC(CNCC(C)(C)CO)CS(C)(=O)=O. The van der Waals surface area contributed by atoms with E-state index in [0.717, 1.165) is 0 Å². The van der Waals surface area contributed by atoms with Crippen LogP contribution in [-0.4, -0.2) is 58.3 Å². The molecule has 0 aliphatic heterocycles. The van der Waals surface area contributed by atoms with Gasteiger partial charge in [0.2, 0.25) is 0 Å². The maximum Gasteiger partial charge on any atom is 0.149 e. The topological polar surface area (TPSA) is 78.4 Å². The van der Waals surface area contributed by atoms with Crippen molar-refractivity contribution in [3.8, 4) is 0 Å². The molecular formula is C10H24N2O3S. The van der Waals surface area contributed by atoms with Crippen molar-refractivity contribution in [1.82, 2.24) is 10.6 Å². The molecule has 0 rings (SSSR count). The van der Waals surface area contributed by atoms with Gasteiger partial charge in [0.05, 0.1) is 5.75 Å². The van der Waals surface area contributed by atoms with Crippen LogP contribution in [0.5, 0.6) is 0 Å². The first-order chi connectivity index (χ1) is 7.20. The first-order valence-corrected chi connectivity index (χ1v) is 7.43. The van der Waals surface area contributed by atoms with Gasteiger partial charge >= 0.3 is 0 Å². The van der Waals surface area contributed by atoms with E-state index >= 15 is 0 Å². The van der Waals surface area contributed by atoms with Crippen molar-refractivity contribution in [2.45, 2.75) is 19.9 Å². The van der Waals surface area contributed by atoms with Crippen LogP contribution in [0, 0.1) is 5.41 Å². The van der Waals surface area contributed by atoms with Gasteiger partial charge in [0, 0.05) is 37.4 Å². The molecule has 0 saturated carbocycles. The molecule has 0 aromatic carbocycles. The zero-order chi connectivity index (χ0) is 12.8. The molecule has 0 aliphatic carbocycles. The van der Waals surface area contributed by atoms with Crippen LogP contribution in [0.25, 0.3) is 0 Å². The predicted molar refractivity (Wildman–Crippen MR) is 66.3 cm³/mol. The van der Waals surface area contributed by atoms with Crippen molar-refractivity contribution in [3.63, 3.8) is 0 Å². The van der Waals surface area contributed by atoms with E-state index in [2.05, 4.69) is 10.6 Å². The van der Waals surface area contributed by atoms with Gasteiger partial charge in [-0.1, -0.05) is 13.8 Å². The summed E-state index contributed by atoms with van der Waals surface area (Å²) in [5.74, 6) is 0.121. The van der Waals surface area contributed by atoms with Gasteiger partial charge in [-0.2, -0.15) is 0 Å². The van der Waals surface area contributed by atoms with E-state index in [1.807, 2.05) is 13.8 Å². The minimum atomic E-state index is -2.96. The molecule has 0 aliphatic rings. The van der Waals surface area contributed by atoms with Crippen LogP contribution in [0.1, 0.15) is 13.8 Å². The zero-order valence-electron chi connectivity index (χ0n) is 10.6. The van der Waals surface area contributed by atoms with E-state index in [0.29, 0.717) is 13.1 Å². The fourth-order valence-corrected chi connectivity index (χ4v) is 2.27. The average Bonchev–Trinajstić information content (AvgIpc) is 2.14. The summed E-state index contributed by atoms with van der Waals surface area (Å²) in [4.78, 5) is 0. The lowest BCUT2D eigenvalue weighted by atomic mass is 9.95. The summed E-state index contributed by atoms with van der Waals surface area (Å²) in [6, 6.07) is -0.0931. The molecule has 0 heterocycles. The van der Waals surface area contributed by atoms with Crippen LogP contribution in [0.4, 0.5) is 0 Å². The van der Waals surface area contributed by atoms with Crippen LogP contribution in [0.2, 0.25) is 0 Å². The van der Waals surface area contributed by atoms with E-state index in [1.165, 1.54) is 6.26 Å². The number of rotatable bonds is 8. The lowest BCUT2D eigenvalue weighted by molar-refractivity contribution is 0.156. The van der Waals surface area contributed by atoms with Crippen LogP contribution >= 0.6 is 0 Å². The molecule has 5 nitrogen and oxygen atoms in total. The largest absolute Gasteiger partial charge is 0.396 e. The van der Waals surface area contributed by atoms with Crippen molar-refractivity contribution in [3.05, 3.63) is 0 Å². The Hall–Kier alpha value is -0.170. The Morgan fingerprint density at radius 2 is 1.94 bits per heavy atom.